The molecule has 2 amide bonds. The van der Waals surface area contributed by atoms with E-state index >= 15 is 0 Å². The van der Waals surface area contributed by atoms with Crippen LogP contribution in [-0.2, 0) is 9.53 Å². The Kier molecular flexibility index (Phi) is 4.45. The second-order valence-corrected chi connectivity index (χ2v) is 5.65. The Labute approximate surface area is 138 Å². The highest BCUT2D eigenvalue weighted by Crippen LogP contribution is 2.19. The van der Waals surface area contributed by atoms with Crippen LogP contribution in [0.3, 0.4) is 0 Å². The number of amides is 2. The molecule has 1 aromatic carbocycles. The first-order valence-corrected chi connectivity index (χ1v) is 7.64. The van der Waals surface area contributed by atoms with E-state index in [0.717, 1.165) is 11.1 Å². The Morgan fingerprint density at radius 3 is 3.00 bits per heavy atom. The molecule has 126 valence electrons. The van der Waals surface area contributed by atoms with Gasteiger partial charge in [0, 0.05) is 5.56 Å². The maximum absolute atomic E-state index is 12.0. The van der Waals surface area contributed by atoms with E-state index in [1.807, 2.05) is 31.2 Å². The van der Waals surface area contributed by atoms with Crippen molar-refractivity contribution in [2.24, 2.45) is 0 Å². The van der Waals surface area contributed by atoms with E-state index in [0.29, 0.717) is 24.9 Å². The number of carbonyl (C=O) groups is 2. The topological polar surface area (TPSA) is 97.6 Å². The quantitative estimate of drug-likeness (QED) is 0.895. The lowest BCUT2D eigenvalue weighted by molar-refractivity contribution is -0.122. The van der Waals surface area contributed by atoms with Crippen LogP contribution in [0.1, 0.15) is 24.4 Å². The summed E-state index contributed by atoms with van der Waals surface area (Å²) in [4.78, 5) is 29.0. The van der Waals surface area contributed by atoms with Gasteiger partial charge in [-0.2, -0.15) is 4.98 Å². The Hall–Kier alpha value is -2.90. The molecule has 0 bridgehead atoms. The fraction of sp³-hybridized carbons (Fsp3) is 0.375. The predicted molar refractivity (Wildman–Crippen MR) is 83.9 cm³/mol. The van der Waals surface area contributed by atoms with Gasteiger partial charge in [0.2, 0.25) is 17.6 Å². The maximum atomic E-state index is 12.0. The van der Waals surface area contributed by atoms with Gasteiger partial charge in [-0.05, 0) is 19.9 Å². The standard InChI is InChI=1S/C16H18N4O4/c1-10-4-3-5-12(8-10)14-18-15(24-19-14)11(2)17-13(21)9-20-6-7-23-16(20)22/h3-5,8,11H,6-7,9H2,1-2H3,(H,17,21)/t11-/m1/s1. The van der Waals surface area contributed by atoms with Crippen molar-refractivity contribution >= 4 is 12.0 Å². The van der Waals surface area contributed by atoms with Gasteiger partial charge < -0.3 is 14.6 Å². The van der Waals surface area contributed by atoms with E-state index < -0.39 is 12.1 Å². The summed E-state index contributed by atoms with van der Waals surface area (Å²) in [5.74, 6) is 0.471. The van der Waals surface area contributed by atoms with E-state index in [2.05, 4.69) is 15.5 Å². The minimum absolute atomic E-state index is 0.0535. The van der Waals surface area contributed by atoms with Gasteiger partial charge in [0.1, 0.15) is 19.2 Å². The second kappa shape index (κ2) is 6.69. The summed E-state index contributed by atoms with van der Waals surface area (Å²) in [5, 5.41) is 6.68. The fourth-order valence-corrected chi connectivity index (χ4v) is 2.40. The van der Waals surface area contributed by atoms with E-state index in [1.54, 1.807) is 6.92 Å². The molecule has 2 heterocycles. The zero-order chi connectivity index (χ0) is 17.1. The van der Waals surface area contributed by atoms with Gasteiger partial charge >= 0.3 is 6.09 Å². The number of nitrogens with one attached hydrogen (secondary N) is 1. The van der Waals surface area contributed by atoms with Crippen molar-refractivity contribution < 1.29 is 18.8 Å². The van der Waals surface area contributed by atoms with E-state index in [4.69, 9.17) is 9.26 Å². The number of ether oxygens (including phenoxy) is 1. The SMILES string of the molecule is Cc1cccc(-c2noc([C@@H](C)NC(=O)CN3CCOC3=O)n2)c1. The van der Waals surface area contributed by atoms with Crippen molar-refractivity contribution in [2.75, 3.05) is 19.7 Å². The van der Waals surface area contributed by atoms with Gasteiger partial charge in [0.05, 0.1) is 6.54 Å². The number of rotatable bonds is 5. The number of hydrogen-bond donors (Lipinski definition) is 1. The molecule has 0 radical (unpaired) electrons. The lowest BCUT2D eigenvalue weighted by Gasteiger charge is -2.14. The van der Waals surface area contributed by atoms with Gasteiger partial charge in [-0.25, -0.2) is 4.79 Å². The molecule has 1 fully saturated rings. The van der Waals surface area contributed by atoms with Gasteiger partial charge in [-0.1, -0.05) is 28.9 Å². The molecule has 3 rings (SSSR count). The molecule has 1 atom stereocenters. The molecule has 1 saturated heterocycles. The first-order chi connectivity index (χ1) is 11.5. The molecule has 2 aromatic rings. The Balaban J connectivity index is 1.62. The molecule has 8 nitrogen and oxygen atoms in total. The zero-order valence-electron chi connectivity index (χ0n) is 13.5. The average molecular weight is 330 g/mol. The van der Waals surface area contributed by atoms with Crippen LogP contribution >= 0.6 is 0 Å². The number of carbonyl (C=O) groups excluding carboxylic acids is 2. The maximum Gasteiger partial charge on any atom is 0.410 e. The number of aromatic nitrogens is 2. The molecule has 1 N–H and O–H groups in total. The second-order valence-electron chi connectivity index (χ2n) is 5.65. The molecule has 0 spiro atoms. The minimum Gasteiger partial charge on any atom is -0.448 e. The first kappa shape index (κ1) is 16.0. The van der Waals surface area contributed by atoms with E-state index in [-0.39, 0.29) is 12.5 Å². The third-order valence-electron chi connectivity index (χ3n) is 3.65. The van der Waals surface area contributed by atoms with Crippen molar-refractivity contribution in [2.45, 2.75) is 19.9 Å². The third-order valence-corrected chi connectivity index (χ3v) is 3.65. The highest BCUT2D eigenvalue weighted by atomic mass is 16.6. The summed E-state index contributed by atoms with van der Waals surface area (Å²) in [6, 6.07) is 7.29. The lowest BCUT2D eigenvalue weighted by atomic mass is 10.1. The molecule has 0 saturated carbocycles. The molecule has 1 aliphatic rings. The molecule has 0 aliphatic carbocycles. The zero-order valence-corrected chi connectivity index (χ0v) is 13.5. The monoisotopic (exact) mass is 330 g/mol. The van der Waals surface area contributed by atoms with Crippen LogP contribution in [0, 0.1) is 6.92 Å². The van der Waals surface area contributed by atoms with Crippen LogP contribution in [0.2, 0.25) is 0 Å². The third kappa shape index (κ3) is 3.53. The number of cyclic esters (lactones) is 1. The highest BCUT2D eigenvalue weighted by Gasteiger charge is 2.25. The van der Waals surface area contributed by atoms with Crippen LogP contribution < -0.4 is 5.32 Å². The molecule has 24 heavy (non-hydrogen) atoms. The van der Waals surface area contributed by atoms with Crippen molar-refractivity contribution in [3.8, 4) is 11.4 Å². The van der Waals surface area contributed by atoms with Gasteiger partial charge in [0.15, 0.2) is 0 Å². The Morgan fingerprint density at radius 1 is 1.46 bits per heavy atom. The molecule has 8 heteroatoms. The average Bonchev–Trinajstić information content (AvgIpc) is 3.17. The van der Waals surface area contributed by atoms with Crippen LogP contribution in [-0.4, -0.2) is 46.7 Å². The molecule has 1 aromatic heterocycles. The number of benzene rings is 1. The summed E-state index contributed by atoms with van der Waals surface area (Å²) in [6.45, 7) is 4.40. The molecule has 0 unspecified atom stereocenters. The first-order valence-electron chi connectivity index (χ1n) is 7.64. The van der Waals surface area contributed by atoms with Crippen LogP contribution in [0.5, 0.6) is 0 Å². The number of aryl methyl sites for hydroxylation is 1. The van der Waals surface area contributed by atoms with Crippen molar-refractivity contribution in [3.05, 3.63) is 35.7 Å². The lowest BCUT2D eigenvalue weighted by Crippen LogP contribution is -2.38. The van der Waals surface area contributed by atoms with Gasteiger partial charge in [-0.3, -0.25) is 9.69 Å². The summed E-state index contributed by atoms with van der Waals surface area (Å²) in [5.41, 5.74) is 1.95. The summed E-state index contributed by atoms with van der Waals surface area (Å²) in [6.07, 6.45) is -0.475. The van der Waals surface area contributed by atoms with E-state index in [1.165, 1.54) is 4.90 Å². The van der Waals surface area contributed by atoms with Crippen molar-refractivity contribution in [3.63, 3.8) is 0 Å². The normalized spacial score (nSPS) is 15.2. The number of nitrogens with zero attached hydrogens (tertiary/aromatic N) is 3. The van der Waals surface area contributed by atoms with Crippen LogP contribution in [0.4, 0.5) is 4.79 Å². The highest BCUT2D eigenvalue weighted by molar-refractivity contribution is 5.83. The summed E-state index contributed by atoms with van der Waals surface area (Å²) < 4.78 is 10.0. The molecule has 1 aliphatic heterocycles. The smallest absolute Gasteiger partial charge is 0.410 e. The van der Waals surface area contributed by atoms with Crippen molar-refractivity contribution in [1.29, 1.82) is 0 Å². The summed E-state index contributed by atoms with van der Waals surface area (Å²) in [7, 11) is 0. The van der Waals surface area contributed by atoms with Gasteiger partial charge in [0.25, 0.3) is 0 Å². The van der Waals surface area contributed by atoms with Gasteiger partial charge in [-0.15, -0.1) is 0 Å². The molecular weight excluding hydrogens is 312 g/mol. The largest absolute Gasteiger partial charge is 0.448 e. The van der Waals surface area contributed by atoms with Crippen LogP contribution in [0.15, 0.2) is 28.8 Å². The minimum atomic E-state index is -0.475. The molecular formula is C16H18N4O4. The van der Waals surface area contributed by atoms with E-state index in [9.17, 15) is 9.59 Å². The van der Waals surface area contributed by atoms with Crippen molar-refractivity contribution in [1.82, 2.24) is 20.4 Å². The number of hydrogen-bond acceptors (Lipinski definition) is 6. The summed E-state index contributed by atoms with van der Waals surface area (Å²) >= 11 is 0. The Bertz CT molecular complexity index is 758. The van der Waals surface area contributed by atoms with Crippen LogP contribution in [0.25, 0.3) is 11.4 Å². The predicted octanol–water partition coefficient (Wildman–Crippen LogP) is 1.67. The Morgan fingerprint density at radius 2 is 2.29 bits per heavy atom. The fourth-order valence-electron chi connectivity index (χ4n) is 2.40.